The quantitative estimate of drug-likeness (QED) is 0.859. The lowest BCUT2D eigenvalue weighted by Crippen LogP contribution is -2.48. The van der Waals surface area contributed by atoms with Crippen LogP contribution in [0.1, 0.15) is 48.0 Å². The average Bonchev–Trinajstić information content (AvgIpc) is 3.09. The van der Waals surface area contributed by atoms with E-state index in [1.165, 1.54) is 24.8 Å². The Morgan fingerprint density at radius 3 is 2.76 bits per heavy atom. The number of pyridine rings is 1. The summed E-state index contributed by atoms with van der Waals surface area (Å²) in [6, 6.07) is 15.3. The van der Waals surface area contributed by atoms with Crippen LogP contribution in [0.3, 0.4) is 0 Å². The number of nitrogens with one attached hydrogen (secondary N) is 1. The Hall–Kier alpha value is -2.40. The van der Waals surface area contributed by atoms with Gasteiger partial charge >= 0.3 is 0 Å². The lowest BCUT2D eigenvalue weighted by Gasteiger charge is -2.36. The SMILES string of the molecule is CNc1cc(C(=O)N2[C@H](Cc3ccccc3)C[C@H]3[C@H]2CCCCCN3C)ccn1. The first-order valence-electron chi connectivity index (χ1n) is 10.9. The van der Waals surface area contributed by atoms with Gasteiger partial charge in [0.05, 0.1) is 0 Å². The summed E-state index contributed by atoms with van der Waals surface area (Å²) in [7, 11) is 4.08. The Bertz CT molecular complexity index is 825. The number of hydrogen-bond acceptors (Lipinski definition) is 4. The van der Waals surface area contributed by atoms with Crippen LogP contribution in [-0.2, 0) is 6.42 Å². The van der Waals surface area contributed by atoms with Crippen LogP contribution in [-0.4, -0.2) is 59.5 Å². The van der Waals surface area contributed by atoms with E-state index in [-0.39, 0.29) is 18.0 Å². The van der Waals surface area contributed by atoms with Crippen molar-refractivity contribution in [2.24, 2.45) is 0 Å². The Morgan fingerprint density at radius 1 is 1.14 bits per heavy atom. The molecule has 0 saturated carbocycles. The first-order valence-corrected chi connectivity index (χ1v) is 10.9. The van der Waals surface area contributed by atoms with Crippen LogP contribution in [0.5, 0.6) is 0 Å². The lowest BCUT2D eigenvalue weighted by atomic mass is 9.96. The number of benzene rings is 1. The fourth-order valence-electron chi connectivity index (χ4n) is 5.10. The number of nitrogens with zero attached hydrogens (tertiary/aromatic N) is 3. The van der Waals surface area contributed by atoms with Gasteiger partial charge in [0.1, 0.15) is 5.82 Å². The van der Waals surface area contributed by atoms with E-state index in [1.54, 1.807) is 6.20 Å². The number of carbonyl (C=O) groups is 1. The van der Waals surface area contributed by atoms with Crippen LogP contribution >= 0.6 is 0 Å². The van der Waals surface area contributed by atoms with Gasteiger partial charge in [0, 0.05) is 36.9 Å². The highest BCUT2D eigenvalue weighted by atomic mass is 16.2. The predicted octanol–water partition coefficient (Wildman–Crippen LogP) is 3.82. The van der Waals surface area contributed by atoms with Crippen molar-refractivity contribution in [2.45, 2.75) is 56.7 Å². The minimum Gasteiger partial charge on any atom is -0.373 e. The molecule has 2 aliphatic rings. The molecule has 0 spiro atoms. The first-order chi connectivity index (χ1) is 14.2. The molecule has 0 aliphatic carbocycles. The maximum Gasteiger partial charge on any atom is 0.254 e. The lowest BCUT2D eigenvalue weighted by molar-refractivity contribution is 0.0604. The first kappa shape index (κ1) is 19.9. The standard InChI is InChI=1S/C24H32N4O/c1-25-23-16-19(12-13-26-23)24(29)28-20(15-18-9-5-3-6-10-18)17-22-21(28)11-7-4-8-14-27(22)2/h3,5-6,9-10,12-13,16,20-22H,4,7-8,11,14-15,17H2,1-2H3,(H,25,26)/t20-,21-,22+/m1/s1. The molecule has 0 bridgehead atoms. The topological polar surface area (TPSA) is 48.5 Å². The molecule has 1 N–H and O–H groups in total. The highest BCUT2D eigenvalue weighted by molar-refractivity contribution is 5.95. The number of carbonyl (C=O) groups excluding carboxylic acids is 1. The summed E-state index contributed by atoms with van der Waals surface area (Å²) in [6.07, 6.45) is 8.49. The van der Waals surface area contributed by atoms with Gasteiger partial charge in [0.15, 0.2) is 0 Å². The summed E-state index contributed by atoms with van der Waals surface area (Å²) in [5, 5.41) is 3.06. The molecule has 4 rings (SSSR count). The molecule has 5 nitrogen and oxygen atoms in total. The van der Waals surface area contributed by atoms with Crippen molar-refractivity contribution in [1.29, 1.82) is 0 Å². The zero-order chi connectivity index (χ0) is 20.2. The van der Waals surface area contributed by atoms with Gasteiger partial charge in [-0.2, -0.15) is 0 Å². The summed E-state index contributed by atoms with van der Waals surface area (Å²) in [5.74, 6) is 0.882. The van der Waals surface area contributed by atoms with E-state index in [0.717, 1.165) is 37.2 Å². The molecular formula is C24H32N4O. The summed E-state index contributed by atoms with van der Waals surface area (Å²) in [4.78, 5) is 22.7. The molecule has 3 heterocycles. The van der Waals surface area contributed by atoms with Gasteiger partial charge in [0.25, 0.3) is 5.91 Å². The molecule has 0 radical (unpaired) electrons. The number of fused-ring (bicyclic) bond motifs is 1. The van der Waals surface area contributed by atoms with Crippen molar-refractivity contribution in [3.8, 4) is 0 Å². The van der Waals surface area contributed by atoms with Crippen LogP contribution in [0.4, 0.5) is 5.82 Å². The number of aromatic nitrogens is 1. The van der Waals surface area contributed by atoms with Gasteiger partial charge in [0.2, 0.25) is 0 Å². The molecule has 1 amide bonds. The molecule has 0 unspecified atom stereocenters. The van der Waals surface area contributed by atoms with Gasteiger partial charge in [-0.25, -0.2) is 4.98 Å². The van der Waals surface area contributed by atoms with Gasteiger partial charge in [-0.3, -0.25) is 4.79 Å². The molecule has 29 heavy (non-hydrogen) atoms. The Kier molecular flexibility index (Phi) is 6.14. The third-order valence-electron chi connectivity index (χ3n) is 6.60. The normalized spacial score (nSPS) is 25.2. The summed E-state index contributed by atoms with van der Waals surface area (Å²) >= 11 is 0. The van der Waals surface area contributed by atoms with Gasteiger partial charge in [-0.1, -0.05) is 43.2 Å². The van der Waals surface area contributed by atoms with E-state index in [9.17, 15) is 4.79 Å². The van der Waals surface area contributed by atoms with Crippen LogP contribution in [0, 0.1) is 0 Å². The van der Waals surface area contributed by atoms with E-state index in [2.05, 4.69) is 57.5 Å². The van der Waals surface area contributed by atoms with Gasteiger partial charge in [-0.05, 0) is 57.0 Å². The van der Waals surface area contributed by atoms with Crippen molar-refractivity contribution in [3.63, 3.8) is 0 Å². The number of likely N-dealkylation sites (tertiary alicyclic amines) is 2. The Morgan fingerprint density at radius 2 is 1.97 bits per heavy atom. The number of amides is 1. The number of rotatable bonds is 4. The second-order valence-electron chi connectivity index (χ2n) is 8.44. The highest BCUT2D eigenvalue weighted by Crippen LogP contribution is 2.35. The zero-order valence-electron chi connectivity index (χ0n) is 17.6. The molecule has 1 aromatic carbocycles. The van der Waals surface area contributed by atoms with E-state index in [1.807, 2.05) is 19.2 Å². The highest BCUT2D eigenvalue weighted by Gasteiger charge is 2.45. The second-order valence-corrected chi connectivity index (χ2v) is 8.44. The smallest absolute Gasteiger partial charge is 0.254 e. The van der Waals surface area contributed by atoms with Crippen LogP contribution in [0.25, 0.3) is 0 Å². The van der Waals surface area contributed by atoms with Crippen molar-refractivity contribution in [1.82, 2.24) is 14.8 Å². The molecule has 2 aromatic rings. The fraction of sp³-hybridized carbons (Fsp3) is 0.500. The third-order valence-corrected chi connectivity index (χ3v) is 6.60. The molecule has 1 aromatic heterocycles. The zero-order valence-corrected chi connectivity index (χ0v) is 17.6. The molecule has 2 fully saturated rings. The fourth-order valence-corrected chi connectivity index (χ4v) is 5.10. The van der Waals surface area contributed by atoms with E-state index >= 15 is 0 Å². The minimum atomic E-state index is 0.145. The number of hydrogen-bond donors (Lipinski definition) is 1. The number of anilines is 1. The third kappa shape index (κ3) is 4.30. The molecule has 3 atom stereocenters. The Balaban J connectivity index is 1.67. The maximum atomic E-state index is 13.7. The molecule has 154 valence electrons. The van der Waals surface area contributed by atoms with Gasteiger partial charge < -0.3 is 15.1 Å². The summed E-state index contributed by atoms with van der Waals surface area (Å²) in [5.41, 5.74) is 2.03. The van der Waals surface area contributed by atoms with Crippen LogP contribution < -0.4 is 5.32 Å². The largest absolute Gasteiger partial charge is 0.373 e. The molecule has 5 heteroatoms. The molecular weight excluding hydrogens is 360 g/mol. The van der Waals surface area contributed by atoms with Crippen molar-refractivity contribution in [3.05, 3.63) is 59.8 Å². The monoisotopic (exact) mass is 392 g/mol. The van der Waals surface area contributed by atoms with E-state index < -0.39 is 0 Å². The average molecular weight is 393 g/mol. The van der Waals surface area contributed by atoms with Crippen LogP contribution in [0.2, 0.25) is 0 Å². The summed E-state index contributed by atoms with van der Waals surface area (Å²) in [6.45, 7) is 1.13. The van der Waals surface area contributed by atoms with Gasteiger partial charge in [-0.15, -0.1) is 0 Å². The van der Waals surface area contributed by atoms with E-state index in [0.29, 0.717) is 6.04 Å². The van der Waals surface area contributed by atoms with E-state index in [4.69, 9.17) is 0 Å². The van der Waals surface area contributed by atoms with Crippen LogP contribution in [0.15, 0.2) is 48.7 Å². The Labute approximate surface area is 174 Å². The molecule has 2 saturated heterocycles. The second kappa shape index (κ2) is 8.95. The van der Waals surface area contributed by atoms with Crippen molar-refractivity contribution < 1.29 is 4.79 Å². The van der Waals surface area contributed by atoms with Crippen molar-refractivity contribution >= 4 is 11.7 Å². The molecule has 2 aliphatic heterocycles. The minimum absolute atomic E-state index is 0.145. The summed E-state index contributed by atoms with van der Waals surface area (Å²) < 4.78 is 0. The van der Waals surface area contributed by atoms with Crippen molar-refractivity contribution in [2.75, 3.05) is 26.0 Å². The maximum absolute atomic E-state index is 13.7. The predicted molar refractivity (Wildman–Crippen MR) is 117 cm³/mol. The number of likely N-dealkylation sites (N-methyl/N-ethyl adjacent to an activating group) is 1.